The molecule has 4 nitrogen and oxygen atoms in total. The number of hydrogen-bond acceptors (Lipinski definition) is 4. The van der Waals surface area contributed by atoms with E-state index in [0.29, 0.717) is 5.22 Å². The number of halogens is 1. The van der Waals surface area contributed by atoms with Crippen molar-refractivity contribution in [3.63, 3.8) is 0 Å². The molecule has 1 saturated heterocycles. The summed E-state index contributed by atoms with van der Waals surface area (Å²) in [5.41, 5.74) is 0. The summed E-state index contributed by atoms with van der Waals surface area (Å²) in [5.74, 6) is 0.902. The summed E-state index contributed by atoms with van der Waals surface area (Å²) in [6, 6.07) is 3.69. The van der Waals surface area contributed by atoms with Crippen LogP contribution in [0.15, 0.2) is 16.5 Å². The molecule has 102 valence electrons. The Kier molecular flexibility index (Phi) is 5.50. The maximum atomic E-state index is 5.71. The molecule has 0 spiro atoms. The van der Waals surface area contributed by atoms with E-state index in [1.807, 2.05) is 6.07 Å². The van der Waals surface area contributed by atoms with Crippen LogP contribution >= 0.6 is 11.6 Å². The maximum absolute atomic E-state index is 5.71. The molecule has 1 fully saturated rings. The zero-order chi connectivity index (χ0) is 12.8. The molecule has 1 aliphatic heterocycles. The molecule has 2 rings (SSSR count). The second-order valence-electron chi connectivity index (χ2n) is 4.88. The van der Waals surface area contributed by atoms with Crippen molar-refractivity contribution in [1.29, 1.82) is 0 Å². The van der Waals surface area contributed by atoms with Crippen LogP contribution in [0.1, 0.15) is 12.2 Å². The van der Waals surface area contributed by atoms with E-state index in [-0.39, 0.29) is 0 Å². The molecule has 0 aliphatic carbocycles. The lowest BCUT2D eigenvalue weighted by Gasteiger charge is -2.32. The van der Waals surface area contributed by atoms with Gasteiger partial charge in [-0.05, 0) is 50.3 Å². The van der Waals surface area contributed by atoms with Crippen LogP contribution in [0.5, 0.6) is 0 Å². The van der Waals surface area contributed by atoms with E-state index in [2.05, 4.69) is 22.2 Å². The van der Waals surface area contributed by atoms with Gasteiger partial charge in [-0.3, -0.25) is 0 Å². The molecule has 0 saturated carbocycles. The van der Waals surface area contributed by atoms with Gasteiger partial charge in [0.05, 0.1) is 6.54 Å². The first-order valence-corrected chi connectivity index (χ1v) is 6.97. The smallest absolute Gasteiger partial charge is 0.193 e. The zero-order valence-corrected chi connectivity index (χ0v) is 11.7. The van der Waals surface area contributed by atoms with E-state index in [9.17, 15) is 0 Å². The number of nitrogens with one attached hydrogen (secondary N) is 1. The van der Waals surface area contributed by atoms with Gasteiger partial charge < -0.3 is 19.5 Å². The number of piperazine rings is 1. The highest BCUT2D eigenvalue weighted by atomic mass is 35.5. The fourth-order valence-corrected chi connectivity index (χ4v) is 2.32. The summed E-state index contributed by atoms with van der Waals surface area (Å²) in [4.78, 5) is 4.92. The molecule has 18 heavy (non-hydrogen) atoms. The highest BCUT2D eigenvalue weighted by molar-refractivity contribution is 6.28. The summed E-state index contributed by atoms with van der Waals surface area (Å²) in [7, 11) is 2.19. The van der Waals surface area contributed by atoms with Crippen LogP contribution in [0.4, 0.5) is 0 Å². The van der Waals surface area contributed by atoms with Gasteiger partial charge in [-0.2, -0.15) is 0 Å². The van der Waals surface area contributed by atoms with Crippen LogP contribution in [0, 0.1) is 0 Å². The molecule has 1 aromatic rings. The molecule has 1 N–H and O–H groups in total. The predicted octanol–water partition coefficient (Wildman–Crippen LogP) is 1.66. The van der Waals surface area contributed by atoms with Gasteiger partial charge in [0.15, 0.2) is 5.22 Å². The number of furan rings is 1. The minimum Gasteiger partial charge on any atom is -0.448 e. The number of hydrogen-bond donors (Lipinski definition) is 1. The third-order valence-electron chi connectivity index (χ3n) is 3.35. The van der Waals surface area contributed by atoms with Gasteiger partial charge >= 0.3 is 0 Å². The predicted molar refractivity (Wildman–Crippen MR) is 74.0 cm³/mol. The molecule has 0 atom stereocenters. The lowest BCUT2D eigenvalue weighted by molar-refractivity contribution is 0.152. The largest absolute Gasteiger partial charge is 0.448 e. The van der Waals surface area contributed by atoms with E-state index in [0.717, 1.165) is 18.8 Å². The average Bonchev–Trinajstić information content (AvgIpc) is 2.77. The van der Waals surface area contributed by atoms with Crippen molar-refractivity contribution in [2.24, 2.45) is 0 Å². The molecular formula is C13H22ClN3O. The molecule has 1 aliphatic rings. The molecule has 0 unspecified atom stereocenters. The molecule has 5 heteroatoms. The first kappa shape index (κ1) is 13.9. The maximum Gasteiger partial charge on any atom is 0.193 e. The zero-order valence-electron chi connectivity index (χ0n) is 11.0. The van der Waals surface area contributed by atoms with Gasteiger partial charge in [-0.25, -0.2) is 0 Å². The average molecular weight is 272 g/mol. The highest BCUT2D eigenvalue weighted by Crippen LogP contribution is 2.12. The van der Waals surface area contributed by atoms with E-state index >= 15 is 0 Å². The third kappa shape index (κ3) is 4.61. The lowest BCUT2D eigenvalue weighted by Crippen LogP contribution is -2.45. The standard InChI is InChI=1S/C13H22ClN3O/c1-16-7-9-17(10-8-16)6-2-5-15-11-12-3-4-13(14)18-12/h3-4,15H,2,5-11H2,1H3. The van der Waals surface area contributed by atoms with Gasteiger partial charge in [0.25, 0.3) is 0 Å². The molecule has 0 radical (unpaired) electrons. The second-order valence-corrected chi connectivity index (χ2v) is 5.25. The number of rotatable bonds is 6. The number of nitrogens with zero attached hydrogens (tertiary/aromatic N) is 2. The summed E-state index contributed by atoms with van der Waals surface area (Å²) >= 11 is 5.71. The van der Waals surface area contributed by atoms with Crippen LogP contribution in [0.3, 0.4) is 0 Å². The van der Waals surface area contributed by atoms with Crippen molar-refractivity contribution in [3.8, 4) is 0 Å². The van der Waals surface area contributed by atoms with Crippen molar-refractivity contribution in [1.82, 2.24) is 15.1 Å². The Labute approximate surface area is 114 Å². The Morgan fingerprint density at radius 2 is 2.06 bits per heavy atom. The van der Waals surface area contributed by atoms with Crippen molar-refractivity contribution in [3.05, 3.63) is 23.1 Å². The van der Waals surface area contributed by atoms with Gasteiger partial charge in [0.2, 0.25) is 0 Å². The van der Waals surface area contributed by atoms with Gasteiger partial charge in [0.1, 0.15) is 5.76 Å². The van der Waals surface area contributed by atoms with Crippen LogP contribution in [0.25, 0.3) is 0 Å². The minimum absolute atomic E-state index is 0.462. The topological polar surface area (TPSA) is 31.6 Å². The second kappa shape index (κ2) is 7.14. The first-order chi connectivity index (χ1) is 8.74. The molecule has 0 aromatic carbocycles. The van der Waals surface area contributed by atoms with Gasteiger partial charge in [-0.1, -0.05) is 0 Å². The van der Waals surface area contributed by atoms with Gasteiger partial charge in [-0.15, -0.1) is 0 Å². The lowest BCUT2D eigenvalue weighted by atomic mass is 10.3. The Morgan fingerprint density at radius 3 is 2.72 bits per heavy atom. The molecule has 2 heterocycles. The summed E-state index contributed by atoms with van der Waals surface area (Å²) < 4.78 is 5.28. The summed E-state index contributed by atoms with van der Waals surface area (Å²) in [6.45, 7) is 7.74. The molecule has 0 bridgehead atoms. The molecule has 1 aromatic heterocycles. The quantitative estimate of drug-likeness (QED) is 0.798. The Balaban J connectivity index is 1.51. The highest BCUT2D eigenvalue weighted by Gasteiger charge is 2.12. The van der Waals surface area contributed by atoms with Crippen LogP contribution in [-0.4, -0.2) is 56.1 Å². The first-order valence-electron chi connectivity index (χ1n) is 6.60. The molecular weight excluding hydrogens is 250 g/mol. The van der Waals surface area contributed by atoms with E-state index in [4.69, 9.17) is 16.0 Å². The third-order valence-corrected chi connectivity index (χ3v) is 3.56. The van der Waals surface area contributed by atoms with Crippen molar-refractivity contribution >= 4 is 11.6 Å². The van der Waals surface area contributed by atoms with Crippen molar-refractivity contribution in [2.75, 3.05) is 46.3 Å². The number of likely N-dealkylation sites (N-methyl/N-ethyl adjacent to an activating group) is 1. The normalized spacial score (nSPS) is 18.3. The van der Waals surface area contributed by atoms with E-state index in [1.54, 1.807) is 6.07 Å². The van der Waals surface area contributed by atoms with Crippen LogP contribution in [-0.2, 0) is 6.54 Å². The summed E-state index contributed by atoms with van der Waals surface area (Å²) in [6.07, 6.45) is 1.18. The van der Waals surface area contributed by atoms with Crippen LogP contribution < -0.4 is 5.32 Å². The minimum atomic E-state index is 0.462. The SMILES string of the molecule is CN1CCN(CCCNCc2ccc(Cl)o2)CC1. The van der Waals surface area contributed by atoms with E-state index < -0.39 is 0 Å². The van der Waals surface area contributed by atoms with E-state index in [1.165, 1.54) is 39.1 Å². The summed E-state index contributed by atoms with van der Waals surface area (Å²) in [5, 5.41) is 3.84. The van der Waals surface area contributed by atoms with Gasteiger partial charge in [0, 0.05) is 26.2 Å². The Morgan fingerprint density at radius 1 is 1.28 bits per heavy atom. The van der Waals surface area contributed by atoms with Crippen molar-refractivity contribution < 1.29 is 4.42 Å². The van der Waals surface area contributed by atoms with Crippen LogP contribution in [0.2, 0.25) is 5.22 Å². The Bertz CT molecular complexity index is 348. The molecule has 0 amide bonds. The Hall–Kier alpha value is -0.550. The fraction of sp³-hybridized carbons (Fsp3) is 0.692. The fourth-order valence-electron chi connectivity index (χ4n) is 2.16. The van der Waals surface area contributed by atoms with Crippen molar-refractivity contribution in [2.45, 2.75) is 13.0 Å². The monoisotopic (exact) mass is 271 g/mol.